The van der Waals surface area contributed by atoms with E-state index in [9.17, 15) is 4.79 Å². The number of nitrogens with zero attached hydrogens (tertiary/aromatic N) is 2. The predicted molar refractivity (Wildman–Crippen MR) is 79.7 cm³/mol. The number of hydrogen-bond acceptors (Lipinski definition) is 5. The molecule has 2 rings (SSSR count). The van der Waals surface area contributed by atoms with Crippen LogP contribution < -0.4 is 10.6 Å². The summed E-state index contributed by atoms with van der Waals surface area (Å²) in [6, 6.07) is 9.65. The maximum absolute atomic E-state index is 11.5. The summed E-state index contributed by atoms with van der Waals surface area (Å²) in [5.41, 5.74) is 0.915. The van der Waals surface area contributed by atoms with Crippen LogP contribution in [-0.2, 0) is 4.79 Å². The molecule has 0 spiro atoms. The van der Waals surface area contributed by atoms with Crippen molar-refractivity contribution in [1.82, 2.24) is 20.8 Å². The molecule has 21 heavy (non-hydrogen) atoms. The predicted octanol–water partition coefficient (Wildman–Crippen LogP) is 1.57. The Bertz CT molecular complexity index is 568. The molecule has 0 saturated heterocycles. The van der Waals surface area contributed by atoms with Gasteiger partial charge in [0.1, 0.15) is 0 Å². The van der Waals surface area contributed by atoms with Crippen LogP contribution in [0.5, 0.6) is 0 Å². The maximum Gasteiger partial charge on any atom is 0.231 e. The lowest BCUT2D eigenvalue weighted by atomic mass is 10.1. The third kappa shape index (κ3) is 4.39. The molecule has 2 N–H and O–H groups in total. The van der Waals surface area contributed by atoms with Crippen molar-refractivity contribution in [3.05, 3.63) is 36.2 Å². The Hall–Kier alpha value is -2.21. The first-order valence-corrected chi connectivity index (χ1v) is 7.01. The van der Waals surface area contributed by atoms with Crippen LogP contribution in [0.25, 0.3) is 11.4 Å². The monoisotopic (exact) mass is 288 g/mol. The van der Waals surface area contributed by atoms with Crippen molar-refractivity contribution in [2.75, 3.05) is 20.1 Å². The molecule has 0 aliphatic carbocycles. The third-order valence-corrected chi connectivity index (χ3v) is 3.10. The average molecular weight is 288 g/mol. The van der Waals surface area contributed by atoms with Crippen molar-refractivity contribution in [3.63, 3.8) is 0 Å². The molecule has 2 aromatic rings. The van der Waals surface area contributed by atoms with E-state index in [4.69, 9.17) is 4.52 Å². The molecular weight excluding hydrogens is 268 g/mol. The molecular formula is C15H20N4O2. The molecule has 0 aliphatic heterocycles. The van der Waals surface area contributed by atoms with Gasteiger partial charge in [0.15, 0.2) is 0 Å². The fraction of sp³-hybridized carbons (Fsp3) is 0.400. The van der Waals surface area contributed by atoms with Gasteiger partial charge >= 0.3 is 0 Å². The summed E-state index contributed by atoms with van der Waals surface area (Å²) in [6.07, 6.45) is 0.461. The Labute approximate surface area is 123 Å². The minimum Gasteiger partial charge on any atom is -0.355 e. The molecule has 112 valence electrons. The van der Waals surface area contributed by atoms with Crippen LogP contribution in [0.3, 0.4) is 0 Å². The van der Waals surface area contributed by atoms with E-state index >= 15 is 0 Å². The first kappa shape index (κ1) is 15.2. The van der Waals surface area contributed by atoms with Gasteiger partial charge in [-0.3, -0.25) is 4.79 Å². The minimum atomic E-state index is -0.0199. The SMILES string of the molecule is CNCCC(=O)NCC(C)c1nc(-c2ccccc2)no1. The molecule has 6 heteroatoms. The molecule has 0 aliphatic rings. The standard InChI is InChI=1S/C15H20N4O2/c1-11(10-17-13(20)8-9-16-2)15-18-14(19-21-15)12-6-4-3-5-7-12/h3-7,11,16H,8-10H2,1-2H3,(H,17,20). The van der Waals surface area contributed by atoms with Gasteiger partial charge in [-0.05, 0) is 7.05 Å². The zero-order chi connectivity index (χ0) is 15.1. The number of nitrogens with one attached hydrogen (secondary N) is 2. The quantitative estimate of drug-likeness (QED) is 0.808. The van der Waals surface area contributed by atoms with E-state index in [-0.39, 0.29) is 11.8 Å². The maximum atomic E-state index is 11.5. The molecule has 0 radical (unpaired) electrons. The number of hydrogen-bond donors (Lipinski definition) is 2. The van der Waals surface area contributed by atoms with Crippen molar-refractivity contribution in [1.29, 1.82) is 0 Å². The van der Waals surface area contributed by atoms with Crippen LogP contribution in [0.4, 0.5) is 0 Å². The highest BCUT2D eigenvalue weighted by atomic mass is 16.5. The Morgan fingerprint density at radius 2 is 2.10 bits per heavy atom. The lowest BCUT2D eigenvalue weighted by molar-refractivity contribution is -0.121. The number of amides is 1. The number of aromatic nitrogens is 2. The van der Waals surface area contributed by atoms with E-state index in [1.54, 1.807) is 0 Å². The Morgan fingerprint density at radius 3 is 2.81 bits per heavy atom. The molecule has 0 saturated carbocycles. The second-order valence-electron chi connectivity index (χ2n) is 4.88. The lowest BCUT2D eigenvalue weighted by Crippen LogP contribution is -2.29. The number of rotatable bonds is 7. The molecule has 1 aromatic heterocycles. The van der Waals surface area contributed by atoms with Gasteiger partial charge in [-0.25, -0.2) is 0 Å². The highest BCUT2D eigenvalue weighted by Crippen LogP contribution is 2.18. The van der Waals surface area contributed by atoms with E-state index in [1.165, 1.54) is 0 Å². The summed E-state index contributed by atoms with van der Waals surface area (Å²) in [5, 5.41) is 9.77. The first-order chi connectivity index (χ1) is 10.2. The summed E-state index contributed by atoms with van der Waals surface area (Å²) in [4.78, 5) is 15.9. The van der Waals surface area contributed by atoms with E-state index in [0.717, 1.165) is 5.56 Å². The molecule has 1 atom stereocenters. The zero-order valence-corrected chi connectivity index (χ0v) is 12.3. The minimum absolute atomic E-state index is 0.0130. The van der Waals surface area contributed by atoms with E-state index in [0.29, 0.717) is 31.2 Å². The largest absolute Gasteiger partial charge is 0.355 e. The summed E-state index contributed by atoms with van der Waals surface area (Å²) >= 11 is 0. The van der Waals surface area contributed by atoms with Crippen LogP contribution in [0.1, 0.15) is 25.2 Å². The van der Waals surface area contributed by atoms with Crippen molar-refractivity contribution in [3.8, 4) is 11.4 Å². The molecule has 0 fully saturated rings. The highest BCUT2D eigenvalue weighted by Gasteiger charge is 2.15. The van der Waals surface area contributed by atoms with Gasteiger partial charge in [-0.2, -0.15) is 4.98 Å². The number of benzene rings is 1. The summed E-state index contributed by atoms with van der Waals surface area (Å²) in [7, 11) is 1.82. The van der Waals surface area contributed by atoms with Crippen molar-refractivity contribution in [2.24, 2.45) is 0 Å². The van der Waals surface area contributed by atoms with Gasteiger partial charge in [0.2, 0.25) is 17.6 Å². The van der Waals surface area contributed by atoms with Gasteiger partial charge in [-0.15, -0.1) is 0 Å². The molecule has 1 aromatic carbocycles. The first-order valence-electron chi connectivity index (χ1n) is 7.01. The van der Waals surface area contributed by atoms with E-state index < -0.39 is 0 Å². The van der Waals surface area contributed by atoms with Crippen molar-refractivity contribution < 1.29 is 9.32 Å². The van der Waals surface area contributed by atoms with Crippen LogP contribution >= 0.6 is 0 Å². The average Bonchev–Trinajstić information content (AvgIpc) is 3.01. The highest BCUT2D eigenvalue weighted by molar-refractivity contribution is 5.76. The van der Waals surface area contributed by atoms with Gasteiger partial charge in [0.05, 0.1) is 5.92 Å². The van der Waals surface area contributed by atoms with Gasteiger partial charge < -0.3 is 15.2 Å². The van der Waals surface area contributed by atoms with Crippen molar-refractivity contribution >= 4 is 5.91 Å². The topological polar surface area (TPSA) is 80.0 Å². The number of carbonyl (C=O) groups is 1. The normalized spacial score (nSPS) is 12.1. The second-order valence-corrected chi connectivity index (χ2v) is 4.88. The molecule has 6 nitrogen and oxygen atoms in total. The van der Waals surface area contributed by atoms with Crippen LogP contribution in [0.15, 0.2) is 34.9 Å². The summed E-state index contributed by atoms with van der Waals surface area (Å²) in [6.45, 7) is 3.10. The summed E-state index contributed by atoms with van der Waals surface area (Å²) in [5.74, 6) is 1.09. The van der Waals surface area contributed by atoms with Crippen molar-refractivity contribution in [2.45, 2.75) is 19.3 Å². The molecule has 1 unspecified atom stereocenters. The Kier molecular flexibility index (Phi) is 5.45. The third-order valence-electron chi connectivity index (χ3n) is 3.10. The van der Waals surface area contributed by atoms with E-state index in [2.05, 4.69) is 20.8 Å². The number of carbonyl (C=O) groups excluding carboxylic acids is 1. The van der Waals surface area contributed by atoms with Crippen LogP contribution in [0, 0.1) is 0 Å². The van der Waals surface area contributed by atoms with Crippen LogP contribution in [0.2, 0.25) is 0 Å². The fourth-order valence-corrected chi connectivity index (χ4v) is 1.82. The molecule has 0 bridgehead atoms. The summed E-state index contributed by atoms with van der Waals surface area (Å²) < 4.78 is 5.27. The van der Waals surface area contributed by atoms with Gasteiger partial charge in [0, 0.05) is 25.1 Å². The zero-order valence-electron chi connectivity index (χ0n) is 12.3. The van der Waals surface area contributed by atoms with Crippen LogP contribution in [-0.4, -0.2) is 36.2 Å². The fourth-order valence-electron chi connectivity index (χ4n) is 1.82. The molecule has 1 heterocycles. The van der Waals surface area contributed by atoms with Gasteiger partial charge in [0.25, 0.3) is 0 Å². The Morgan fingerprint density at radius 1 is 1.33 bits per heavy atom. The molecule has 1 amide bonds. The Balaban J connectivity index is 1.90. The lowest BCUT2D eigenvalue weighted by Gasteiger charge is -2.08. The smallest absolute Gasteiger partial charge is 0.231 e. The van der Waals surface area contributed by atoms with Gasteiger partial charge in [-0.1, -0.05) is 42.4 Å². The van der Waals surface area contributed by atoms with E-state index in [1.807, 2.05) is 44.3 Å². The second kappa shape index (κ2) is 7.54.